The smallest absolute Gasteiger partial charge is 0.263 e. The van der Waals surface area contributed by atoms with E-state index in [0.717, 1.165) is 11.3 Å². The summed E-state index contributed by atoms with van der Waals surface area (Å²) in [5.74, 6) is 0.441. The largest absolute Gasteiger partial charge is 0.340 e. The first kappa shape index (κ1) is 16.1. The number of aromatic nitrogens is 3. The number of carbonyl (C=O) groups is 1. The number of carbonyl (C=O) groups excluding carboxylic acids is 1. The number of rotatable bonds is 3. The molecule has 0 saturated carbocycles. The van der Waals surface area contributed by atoms with Gasteiger partial charge in [-0.15, -0.1) is 0 Å². The first-order chi connectivity index (χ1) is 12.1. The normalized spacial score (nSPS) is 15.8. The number of thiocarbonyl (C=S) groups is 1. The lowest BCUT2D eigenvalue weighted by Crippen LogP contribution is -2.17. The van der Waals surface area contributed by atoms with Crippen molar-refractivity contribution in [1.29, 1.82) is 0 Å². The van der Waals surface area contributed by atoms with E-state index >= 15 is 0 Å². The summed E-state index contributed by atoms with van der Waals surface area (Å²) in [6, 6.07) is 9.19. The van der Waals surface area contributed by atoms with E-state index in [1.54, 1.807) is 29.1 Å². The molecule has 1 aromatic carbocycles. The van der Waals surface area contributed by atoms with Crippen LogP contribution >= 0.6 is 35.6 Å². The lowest BCUT2D eigenvalue weighted by Gasteiger charge is -2.06. The fourth-order valence-electron chi connectivity index (χ4n) is 2.33. The predicted octanol–water partition coefficient (Wildman–Crippen LogP) is 3.62. The minimum absolute atomic E-state index is 0.206. The highest BCUT2D eigenvalue weighted by molar-refractivity contribution is 8.26. The number of fused-ring (bicyclic) bond motifs is 1. The maximum atomic E-state index is 11.8. The summed E-state index contributed by atoms with van der Waals surface area (Å²) in [4.78, 5) is 16.9. The lowest BCUT2D eigenvalue weighted by molar-refractivity contribution is -0.115. The van der Waals surface area contributed by atoms with Crippen molar-refractivity contribution in [3.63, 3.8) is 0 Å². The van der Waals surface area contributed by atoms with Crippen LogP contribution < -0.4 is 10.6 Å². The second-order valence-electron chi connectivity index (χ2n) is 5.17. The quantitative estimate of drug-likeness (QED) is 0.528. The summed E-state index contributed by atoms with van der Waals surface area (Å²) < 4.78 is 2.09. The number of hydrogen-bond acceptors (Lipinski definition) is 6. The minimum Gasteiger partial charge on any atom is -0.340 e. The molecule has 0 aliphatic carbocycles. The van der Waals surface area contributed by atoms with E-state index in [4.69, 9.17) is 23.8 Å². The molecular formula is C16H10ClN5OS2. The van der Waals surface area contributed by atoms with Crippen molar-refractivity contribution in [3.8, 4) is 0 Å². The number of anilines is 2. The summed E-state index contributed by atoms with van der Waals surface area (Å²) in [5.41, 5.74) is 2.20. The van der Waals surface area contributed by atoms with Crippen molar-refractivity contribution in [3.05, 3.63) is 58.2 Å². The second-order valence-corrected chi connectivity index (χ2v) is 7.32. The van der Waals surface area contributed by atoms with E-state index in [2.05, 4.69) is 20.7 Å². The molecule has 1 aliphatic heterocycles. The Labute approximate surface area is 157 Å². The Morgan fingerprint density at radius 2 is 2.24 bits per heavy atom. The number of hydrogen-bond donors (Lipinski definition) is 2. The van der Waals surface area contributed by atoms with E-state index in [0.29, 0.717) is 25.7 Å². The molecule has 0 unspecified atom stereocenters. The molecule has 4 rings (SSSR count). The van der Waals surface area contributed by atoms with Crippen LogP contribution in [0.4, 0.5) is 11.5 Å². The zero-order valence-corrected chi connectivity index (χ0v) is 15.0. The third-order valence-electron chi connectivity index (χ3n) is 3.42. The van der Waals surface area contributed by atoms with Crippen LogP contribution in [0.3, 0.4) is 0 Å². The van der Waals surface area contributed by atoms with Crippen molar-refractivity contribution in [2.24, 2.45) is 0 Å². The van der Waals surface area contributed by atoms with Crippen LogP contribution in [0.25, 0.3) is 11.7 Å². The van der Waals surface area contributed by atoms with Crippen LogP contribution in [0.5, 0.6) is 0 Å². The Bertz CT molecular complexity index is 1050. The minimum atomic E-state index is -0.206. The highest BCUT2D eigenvalue weighted by Crippen LogP contribution is 2.27. The SMILES string of the molecule is O=C1NC(=S)S/C1=C/c1cnn2ccc(Nc3cccc(Cl)c3)nc12. The molecule has 25 heavy (non-hydrogen) atoms. The van der Waals surface area contributed by atoms with Gasteiger partial charge in [0.15, 0.2) is 5.65 Å². The standard InChI is InChI=1S/C16H10ClN5OS2/c17-10-2-1-3-11(7-10)19-13-4-5-22-14(20-13)9(8-18-22)6-12-15(23)21-16(24)25-12/h1-8H,(H,19,20)(H,21,23,24)/b12-6+. The molecule has 0 radical (unpaired) electrons. The molecule has 2 N–H and O–H groups in total. The number of benzene rings is 1. The predicted molar refractivity (Wildman–Crippen MR) is 104 cm³/mol. The first-order valence-electron chi connectivity index (χ1n) is 7.20. The topological polar surface area (TPSA) is 71.3 Å². The number of nitrogens with zero attached hydrogens (tertiary/aromatic N) is 3. The zero-order chi connectivity index (χ0) is 17.4. The second kappa shape index (κ2) is 6.47. The number of halogens is 1. The Morgan fingerprint density at radius 1 is 1.36 bits per heavy atom. The third kappa shape index (κ3) is 3.37. The molecule has 6 nitrogen and oxygen atoms in total. The molecule has 9 heteroatoms. The molecule has 1 saturated heterocycles. The lowest BCUT2D eigenvalue weighted by atomic mass is 10.3. The molecular weight excluding hydrogens is 378 g/mol. The zero-order valence-electron chi connectivity index (χ0n) is 12.6. The first-order valence-corrected chi connectivity index (χ1v) is 8.80. The summed E-state index contributed by atoms with van der Waals surface area (Å²) in [7, 11) is 0. The summed E-state index contributed by atoms with van der Waals surface area (Å²) in [6.07, 6.45) is 5.19. The van der Waals surface area contributed by atoms with Crippen LogP contribution in [-0.2, 0) is 4.79 Å². The van der Waals surface area contributed by atoms with Crippen molar-refractivity contribution in [2.75, 3.05) is 5.32 Å². The van der Waals surface area contributed by atoms with Gasteiger partial charge < -0.3 is 10.6 Å². The Balaban J connectivity index is 1.69. The molecule has 0 atom stereocenters. The number of amides is 1. The number of nitrogens with one attached hydrogen (secondary N) is 2. The van der Waals surface area contributed by atoms with Crippen molar-refractivity contribution >= 4 is 69.0 Å². The van der Waals surface area contributed by atoms with Gasteiger partial charge in [0.1, 0.15) is 10.1 Å². The van der Waals surface area contributed by atoms with Gasteiger partial charge in [-0.25, -0.2) is 9.50 Å². The summed E-state index contributed by atoms with van der Waals surface area (Å²) >= 11 is 12.2. The number of thioether (sulfide) groups is 1. The van der Waals surface area contributed by atoms with Crippen molar-refractivity contribution in [2.45, 2.75) is 0 Å². The summed E-state index contributed by atoms with van der Waals surface area (Å²) in [6.45, 7) is 0. The Kier molecular flexibility index (Phi) is 4.16. The fourth-order valence-corrected chi connectivity index (χ4v) is 3.56. The molecule has 124 valence electrons. The average Bonchev–Trinajstić information content (AvgIpc) is 3.11. The maximum Gasteiger partial charge on any atom is 0.263 e. The van der Waals surface area contributed by atoms with E-state index < -0.39 is 0 Å². The average molecular weight is 388 g/mol. The van der Waals surface area contributed by atoms with Crippen molar-refractivity contribution < 1.29 is 4.79 Å². The molecule has 1 amide bonds. The molecule has 1 fully saturated rings. The molecule has 1 aliphatic rings. The molecule has 3 heterocycles. The van der Waals surface area contributed by atoms with Crippen LogP contribution in [-0.4, -0.2) is 24.8 Å². The van der Waals surface area contributed by atoms with E-state index in [-0.39, 0.29) is 5.91 Å². The highest BCUT2D eigenvalue weighted by atomic mass is 35.5. The van der Waals surface area contributed by atoms with Crippen molar-refractivity contribution in [1.82, 2.24) is 19.9 Å². The Morgan fingerprint density at radius 3 is 3.00 bits per heavy atom. The van der Waals surface area contributed by atoms with Gasteiger partial charge in [-0.1, -0.05) is 41.6 Å². The monoisotopic (exact) mass is 387 g/mol. The van der Waals surface area contributed by atoms with Gasteiger partial charge in [-0.3, -0.25) is 4.79 Å². The van der Waals surface area contributed by atoms with Gasteiger partial charge in [-0.05, 0) is 30.3 Å². The van der Waals surface area contributed by atoms with Gasteiger partial charge in [0.2, 0.25) is 0 Å². The van der Waals surface area contributed by atoms with E-state index in [1.165, 1.54) is 11.8 Å². The molecule has 0 spiro atoms. The van der Waals surface area contributed by atoms with Crippen LogP contribution in [0.1, 0.15) is 5.56 Å². The van der Waals surface area contributed by atoms with Crippen LogP contribution in [0.15, 0.2) is 47.6 Å². The molecule has 3 aromatic rings. The summed E-state index contributed by atoms with van der Waals surface area (Å²) in [5, 5.41) is 10.7. The van der Waals surface area contributed by atoms with Gasteiger partial charge in [-0.2, -0.15) is 5.10 Å². The van der Waals surface area contributed by atoms with Crippen LogP contribution in [0.2, 0.25) is 5.02 Å². The van der Waals surface area contributed by atoms with Gasteiger partial charge >= 0.3 is 0 Å². The molecule has 0 bridgehead atoms. The highest BCUT2D eigenvalue weighted by Gasteiger charge is 2.22. The van der Waals surface area contributed by atoms with Gasteiger partial charge in [0, 0.05) is 22.5 Å². The Hall–Kier alpha value is -2.42. The fraction of sp³-hybridized carbons (Fsp3) is 0. The third-order valence-corrected chi connectivity index (χ3v) is 4.82. The van der Waals surface area contributed by atoms with Crippen LogP contribution in [0, 0.1) is 0 Å². The van der Waals surface area contributed by atoms with Gasteiger partial charge in [0.05, 0.1) is 11.1 Å². The maximum absolute atomic E-state index is 11.8. The van der Waals surface area contributed by atoms with E-state index in [1.807, 2.05) is 24.3 Å². The van der Waals surface area contributed by atoms with Gasteiger partial charge in [0.25, 0.3) is 5.91 Å². The van der Waals surface area contributed by atoms with E-state index in [9.17, 15) is 4.79 Å². The molecule has 2 aromatic heterocycles.